The maximum Gasteiger partial charge on any atom is 0.340 e. The fourth-order valence-electron chi connectivity index (χ4n) is 2.25. The van der Waals surface area contributed by atoms with E-state index in [1.54, 1.807) is 25.1 Å². The Hall–Kier alpha value is -3.62. The van der Waals surface area contributed by atoms with Gasteiger partial charge in [0.05, 0.1) is 17.5 Å². The summed E-state index contributed by atoms with van der Waals surface area (Å²) in [5.41, 5.74) is 0.289. The van der Waals surface area contributed by atoms with Gasteiger partial charge in [0.25, 0.3) is 11.8 Å². The molecule has 1 atom stereocenters. The van der Waals surface area contributed by atoms with E-state index in [1.807, 2.05) is 0 Å². The first-order valence-corrected chi connectivity index (χ1v) is 8.60. The molecule has 148 valence electrons. The van der Waals surface area contributed by atoms with Gasteiger partial charge < -0.3 is 25.1 Å². The molecule has 3 N–H and O–H groups in total. The van der Waals surface area contributed by atoms with Crippen LogP contribution in [-0.2, 0) is 14.3 Å². The molecule has 0 radical (unpaired) electrons. The lowest BCUT2D eigenvalue weighted by molar-refractivity contribution is -0.130. The Morgan fingerprint density at radius 2 is 1.86 bits per heavy atom. The van der Waals surface area contributed by atoms with Crippen LogP contribution in [0.1, 0.15) is 34.8 Å². The molecule has 28 heavy (non-hydrogen) atoms. The van der Waals surface area contributed by atoms with E-state index in [1.165, 1.54) is 31.4 Å². The van der Waals surface area contributed by atoms with Crippen LogP contribution in [0.5, 0.6) is 0 Å². The quantitative estimate of drug-likeness (QED) is 0.587. The van der Waals surface area contributed by atoms with Gasteiger partial charge in [-0.25, -0.2) is 4.79 Å². The number of carbonyl (C=O) groups is 4. The van der Waals surface area contributed by atoms with E-state index in [-0.39, 0.29) is 22.9 Å². The second-order valence-corrected chi connectivity index (χ2v) is 5.74. The highest BCUT2D eigenvalue weighted by Gasteiger charge is 2.19. The molecule has 0 aliphatic carbocycles. The van der Waals surface area contributed by atoms with Crippen LogP contribution in [0.4, 0.5) is 5.69 Å². The number of nitrogens with one attached hydrogen (secondary N) is 3. The summed E-state index contributed by atoms with van der Waals surface area (Å²) < 4.78 is 9.99. The molecule has 3 amide bonds. The smallest absolute Gasteiger partial charge is 0.340 e. The van der Waals surface area contributed by atoms with E-state index in [2.05, 4.69) is 16.0 Å². The van der Waals surface area contributed by atoms with Gasteiger partial charge in [-0.05, 0) is 38.1 Å². The topological polar surface area (TPSA) is 127 Å². The van der Waals surface area contributed by atoms with Gasteiger partial charge in [-0.15, -0.1) is 0 Å². The van der Waals surface area contributed by atoms with Crippen molar-refractivity contribution in [1.82, 2.24) is 10.6 Å². The van der Waals surface area contributed by atoms with Crippen LogP contribution in [0.25, 0.3) is 0 Å². The number of hydrogen-bond donors (Lipinski definition) is 3. The van der Waals surface area contributed by atoms with Crippen LogP contribution in [0.2, 0.25) is 0 Å². The number of hydrogen-bond acceptors (Lipinski definition) is 6. The predicted molar refractivity (Wildman–Crippen MR) is 99.7 cm³/mol. The number of likely N-dealkylation sites (N-methyl/N-ethyl adjacent to an activating group) is 1. The van der Waals surface area contributed by atoms with Gasteiger partial charge in [0, 0.05) is 6.54 Å². The minimum Gasteiger partial charge on any atom is -0.459 e. The summed E-state index contributed by atoms with van der Waals surface area (Å²) in [4.78, 5) is 47.9. The average molecular weight is 387 g/mol. The Balaban J connectivity index is 1.94. The highest BCUT2D eigenvalue weighted by atomic mass is 16.5. The molecular weight excluding hydrogens is 366 g/mol. The van der Waals surface area contributed by atoms with Gasteiger partial charge in [-0.3, -0.25) is 14.4 Å². The highest BCUT2D eigenvalue weighted by Crippen LogP contribution is 2.17. The zero-order valence-electron chi connectivity index (χ0n) is 15.5. The summed E-state index contributed by atoms with van der Waals surface area (Å²) in [6.45, 7) is 3.15. The van der Waals surface area contributed by atoms with E-state index < -0.39 is 30.4 Å². The number of furan rings is 1. The molecule has 1 aromatic heterocycles. The molecule has 1 aromatic carbocycles. The first-order valence-electron chi connectivity index (χ1n) is 8.60. The number of amides is 3. The van der Waals surface area contributed by atoms with Crippen molar-refractivity contribution in [2.75, 3.05) is 18.5 Å². The zero-order valence-corrected chi connectivity index (χ0v) is 15.5. The van der Waals surface area contributed by atoms with E-state index in [9.17, 15) is 19.2 Å². The van der Waals surface area contributed by atoms with Gasteiger partial charge in [-0.2, -0.15) is 0 Å². The first kappa shape index (κ1) is 20.7. The third-order valence-corrected chi connectivity index (χ3v) is 3.60. The van der Waals surface area contributed by atoms with Crippen LogP contribution < -0.4 is 16.0 Å². The largest absolute Gasteiger partial charge is 0.459 e. The number of anilines is 1. The Morgan fingerprint density at radius 1 is 1.11 bits per heavy atom. The predicted octanol–water partition coefficient (Wildman–Crippen LogP) is 1.33. The molecule has 0 bridgehead atoms. The number of carbonyl (C=O) groups excluding carboxylic acids is 4. The van der Waals surface area contributed by atoms with E-state index >= 15 is 0 Å². The lowest BCUT2D eigenvalue weighted by Gasteiger charge is -2.14. The second kappa shape index (κ2) is 9.91. The molecular formula is C19H21N3O6. The summed E-state index contributed by atoms with van der Waals surface area (Å²) in [5.74, 6) is -2.20. The first-order chi connectivity index (χ1) is 13.4. The van der Waals surface area contributed by atoms with Crippen molar-refractivity contribution in [1.29, 1.82) is 0 Å². The van der Waals surface area contributed by atoms with Crippen LogP contribution in [0.15, 0.2) is 47.1 Å². The Bertz CT molecular complexity index is 847. The van der Waals surface area contributed by atoms with Gasteiger partial charge in [-0.1, -0.05) is 12.1 Å². The van der Waals surface area contributed by atoms with E-state index in [4.69, 9.17) is 9.15 Å². The summed E-state index contributed by atoms with van der Waals surface area (Å²) in [6.07, 6.45) is 1.36. The monoisotopic (exact) mass is 387 g/mol. The summed E-state index contributed by atoms with van der Waals surface area (Å²) in [6, 6.07) is 8.49. The molecule has 9 nitrogen and oxygen atoms in total. The third-order valence-electron chi connectivity index (χ3n) is 3.60. The maximum absolute atomic E-state index is 12.3. The van der Waals surface area contributed by atoms with Crippen molar-refractivity contribution in [3.8, 4) is 0 Å². The minimum atomic E-state index is -0.795. The minimum absolute atomic E-state index is 0.0759. The molecule has 2 aromatic rings. The van der Waals surface area contributed by atoms with Gasteiger partial charge in [0.2, 0.25) is 5.91 Å². The lowest BCUT2D eigenvalue weighted by Crippen LogP contribution is -2.46. The number of ether oxygens (including phenoxy) is 1. The Kier molecular flexibility index (Phi) is 7.32. The lowest BCUT2D eigenvalue weighted by atomic mass is 10.1. The molecule has 0 saturated carbocycles. The number of para-hydroxylation sites is 1. The maximum atomic E-state index is 12.3. The van der Waals surface area contributed by atoms with Gasteiger partial charge in [0.15, 0.2) is 12.4 Å². The molecule has 0 aliphatic rings. The van der Waals surface area contributed by atoms with E-state index in [0.29, 0.717) is 6.54 Å². The molecule has 9 heteroatoms. The zero-order chi connectivity index (χ0) is 20.5. The normalized spacial score (nSPS) is 11.2. The van der Waals surface area contributed by atoms with Crippen molar-refractivity contribution < 1.29 is 28.3 Å². The summed E-state index contributed by atoms with van der Waals surface area (Å²) >= 11 is 0. The Labute approximate surface area is 161 Å². The van der Waals surface area contributed by atoms with Crippen LogP contribution in [0.3, 0.4) is 0 Å². The van der Waals surface area contributed by atoms with E-state index in [0.717, 1.165) is 0 Å². The number of rotatable bonds is 8. The fourth-order valence-corrected chi connectivity index (χ4v) is 2.25. The standard InChI is InChI=1S/C19H21N3O6/c1-3-20-17(24)12(2)21-16(23)11-28-19(26)13-7-4-5-8-14(13)22-18(25)15-9-6-10-27-15/h4-10,12H,3,11H2,1-2H3,(H,20,24)(H,21,23)(H,22,25)/t12-/m1/s1. The van der Waals surface area contributed by atoms with Crippen molar-refractivity contribution in [3.63, 3.8) is 0 Å². The third kappa shape index (κ3) is 5.70. The molecule has 0 aliphatic heterocycles. The van der Waals surface area contributed by atoms with Crippen molar-refractivity contribution in [2.45, 2.75) is 19.9 Å². The van der Waals surface area contributed by atoms with Crippen LogP contribution in [0, 0.1) is 0 Å². The molecule has 0 unspecified atom stereocenters. The average Bonchev–Trinajstić information content (AvgIpc) is 3.21. The number of benzene rings is 1. The van der Waals surface area contributed by atoms with Crippen molar-refractivity contribution in [2.24, 2.45) is 0 Å². The molecule has 1 heterocycles. The molecule has 0 spiro atoms. The van der Waals surface area contributed by atoms with Gasteiger partial charge >= 0.3 is 5.97 Å². The molecule has 2 rings (SSSR count). The Morgan fingerprint density at radius 3 is 2.54 bits per heavy atom. The summed E-state index contributed by atoms with van der Waals surface area (Å²) in [5, 5.41) is 7.55. The SMILES string of the molecule is CCNC(=O)[C@@H](C)NC(=O)COC(=O)c1ccccc1NC(=O)c1ccco1. The van der Waals surface area contributed by atoms with Crippen molar-refractivity contribution in [3.05, 3.63) is 54.0 Å². The van der Waals surface area contributed by atoms with Gasteiger partial charge in [0.1, 0.15) is 6.04 Å². The second-order valence-electron chi connectivity index (χ2n) is 5.74. The summed E-state index contributed by atoms with van der Waals surface area (Å²) in [7, 11) is 0. The van der Waals surface area contributed by atoms with Crippen LogP contribution in [-0.4, -0.2) is 42.9 Å². The fraction of sp³-hybridized carbons (Fsp3) is 0.263. The van der Waals surface area contributed by atoms with Crippen molar-refractivity contribution >= 4 is 29.4 Å². The van der Waals surface area contributed by atoms with Crippen LogP contribution >= 0.6 is 0 Å². The molecule has 0 saturated heterocycles. The number of esters is 1. The highest BCUT2D eigenvalue weighted by molar-refractivity contribution is 6.06. The molecule has 0 fully saturated rings.